The number of carboxylic acids is 2. The van der Waals surface area contributed by atoms with Crippen molar-refractivity contribution >= 4 is 110 Å². The van der Waals surface area contributed by atoms with Crippen LogP contribution >= 0.6 is 0 Å². The largest absolute Gasteiger partial charge is 0.481 e. The molecule has 14 rings (SSSR count). The Bertz CT molecular complexity index is 2610. The molecule has 0 aromatic rings. The van der Waals surface area contributed by atoms with Crippen LogP contribution in [0.15, 0.2) is 63.3 Å². The molecule has 26 atom stereocenters. The first-order chi connectivity index (χ1) is 50.2. The van der Waals surface area contributed by atoms with Crippen LogP contribution in [0.2, 0.25) is 0 Å². The van der Waals surface area contributed by atoms with Crippen molar-refractivity contribution in [2.75, 3.05) is 0 Å². The predicted octanol–water partition coefficient (Wildman–Crippen LogP) is 12.5. The first kappa shape index (κ1) is 93.1. The monoisotopic (exact) mass is 1450 g/mol. The molecule has 13 nitrogen and oxygen atoms in total. The number of rotatable bonds is 28. The van der Waals surface area contributed by atoms with Crippen molar-refractivity contribution in [3.05, 3.63) is 63.3 Å². The third-order valence-corrected chi connectivity index (χ3v) is 25.5. The smallest absolute Gasteiger partial charge is 0.307 e. The molecule has 14 saturated carbocycles. The van der Waals surface area contributed by atoms with Gasteiger partial charge in [0.1, 0.15) is 23.8 Å². The molecule has 0 amide bonds. The number of fused-ring (bicyclic) bond motifs is 7. The zero-order valence-electron chi connectivity index (χ0n) is 65.5. The third-order valence-electron chi connectivity index (χ3n) is 25.5. The summed E-state index contributed by atoms with van der Waals surface area (Å²) in [5.74, 6) is 11.3. The molecule has 0 aliphatic heterocycles. The maximum Gasteiger partial charge on any atom is 0.307 e. The van der Waals surface area contributed by atoms with Gasteiger partial charge in [-0.1, -0.05) is 79.7 Å². The normalized spacial score (nSPS) is 34.8. The molecule has 14 aliphatic rings. The Morgan fingerprint density at radius 2 is 0.774 bits per heavy atom. The number of hydrogen-bond donors (Lipinski definition) is 5. The summed E-state index contributed by atoms with van der Waals surface area (Å²) in [5.41, 5.74) is -0.905. The maximum absolute atomic E-state index is 12.3. The van der Waals surface area contributed by atoms with Gasteiger partial charge in [-0.25, -0.2) is 0 Å². The molecule has 3 unspecified atom stereocenters. The van der Waals surface area contributed by atoms with Gasteiger partial charge in [-0.15, -0.1) is 32.9 Å². The van der Waals surface area contributed by atoms with Gasteiger partial charge in [0.05, 0.1) is 43.0 Å². The van der Waals surface area contributed by atoms with Crippen molar-refractivity contribution in [3.8, 4) is 0 Å². The number of aliphatic carboxylic acids is 2. The molecule has 23 heteroatoms. The number of carboxylic acid groups (broad SMARTS) is 2. The number of allylic oxidation sites excluding steroid dienone is 5. The van der Waals surface area contributed by atoms with Crippen LogP contribution in [0.5, 0.6) is 0 Å². The standard InChI is InChI=1S/2C19H30O4.2C11H18O.C11H16O.C6H10O.C6H8O.B4.B3H3.B3/c2*1-5-6-7-8-13-14-9-12(14)10-16(13)23-17(20)11-15(18(21)22)19(2,3)4;3*1-2-3-4-5-9-10-6-8(10)7-11(9)12;2*7-6-2-4-1-5(4)3-6;1-4(2)3;2*1-3-2/h2*5,12-16H,1,6-11H2,2-4H3,(H,21,22);2*2,8-12H,1,3-7H2;2,8-10H,1,3-7H2;4-7H,1-3H2;4-5H,1-3H2;;1H3;/q;;;;;;;;-1;/t12-,13+,14-,15+,16+;12-,13+,14-,15-,16+;8-,9+,10-,11+;8-,9+,10-,11-;8-,9+,10-;4-,5+,6?;;;;/m01000...../s1. The number of aliphatic hydroxyl groups is 3. The van der Waals surface area contributed by atoms with E-state index in [1.165, 1.54) is 70.6 Å². The number of hydrogen-bond acceptors (Lipinski definition) is 11. The van der Waals surface area contributed by atoms with Crippen molar-refractivity contribution in [1.82, 2.24) is 0 Å². The molecule has 14 radical (unpaired) electrons. The summed E-state index contributed by atoms with van der Waals surface area (Å²) in [6, 6.07) is 0. The molecule has 0 heterocycles. The molecule has 0 spiro atoms. The molecule has 14 aliphatic carbocycles. The number of Topliss-reactive ketones (excluding diaryl/α,β-unsaturated/α-hetero) is 2. The highest BCUT2D eigenvalue weighted by Gasteiger charge is 2.57. The fourth-order valence-corrected chi connectivity index (χ4v) is 19.1. The summed E-state index contributed by atoms with van der Waals surface area (Å²) in [7, 11) is 31.0. The highest BCUT2D eigenvalue weighted by Crippen LogP contribution is 2.61. The first-order valence-electron chi connectivity index (χ1n) is 40.7. The zero-order chi connectivity index (χ0) is 78.8. The Labute approximate surface area is 652 Å². The molecule has 14 fully saturated rings. The molecule has 0 aromatic carbocycles. The van der Waals surface area contributed by atoms with Gasteiger partial charge in [0.25, 0.3) is 0 Å². The lowest BCUT2D eigenvalue weighted by Crippen LogP contribution is -2.33. The van der Waals surface area contributed by atoms with E-state index in [0.29, 0.717) is 48.9 Å². The summed E-state index contributed by atoms with van der Waals surface area (Å²) < 4.78 is 11.4. The van der Waals surface area contributed by atoms with Crippen LogP contribution in [0.25, 0.3) is 0 Å². The lowest BCUT2D eigenvalue weighted by atomic mass is 9.08. The molecule has 5 N–H and O–H groups in total. The van der Waals surface area contributed by atoms with Crippen molar-refractivity contribution in [2.45, 2.75) is 284 Å². The maximum atomic E-state index is 12.3. The fourth-order valence-electron chi connectivity index (χ4n) is 19.1. The Hall–Kier alpha value is -3.55. The van der Waals surface area contributed by atoms with E-state index in [4.69, 9.17) is 22.3 Å². The number of ether oxygens (including phenoxy) is 2. The van der Waals surface area contributed by atoms with Gasteiger partial charge >= 0.3 is 23.9 Å². The van der Waals surface area contributed by atoms with Crippen LogP contribution in [-0.4, -0.2) is 166 Å². The molecular weight excluding hydrogens is 1310 g/mol. The average Bonchev–Trinajstić information content (AvgIpc) is 1.62. The van der Waals surface area contributed by atoms with Crippen molar-refractivity contribution in [2.24, 2.45) is 135 Å². The number of ketones is 2. The summed E-state index contributed by atoms with van der Waals surface area (Å²) in [6.07, 6.45) is 44.3. The lowest BCUT2D eigenvalue weighted by molar-refractivity contribution is -0.160. The summed E-state index contributed by atoms with van der Waals surface area (Å²) in [5, 5.41) is 46.9. The number of aliphatic hydroxyl groups excluding tert-OH is 3. The SMILES string of the molecule is C=CCCC[C@@H]1[C@H]2C[C@H]2C[C@@H]1O.C=CCCC[C@@H]1[C@H]2C[C@H]2C[C@H]1O.C=CCCC[C@@H]1[C@H]2C[C@H]2C[C@H]1OC(=O)C[C@H](C(=O)O)C(C)(C)C.C=CCCC[C@H]1C(=O)C[C@@H]2C[C@@H]21.C=CCCC[C@H]1[C@@H]2C[C@@H]2C[C@@H]1OC(=O)C[C@H](C(=O)O)C(C)(C)C.O=C1CC2CC2C1.OC1C[C@@H]2C[C@@H]2C1.[B]B([B])[B].[B][B][BH3-].[B][B][B]. The van der Waals surface area contributed by atoms with Crippen LogP contribution in [0.4, 0.5) is 0 Å². The molecule has 0 bridgehead atoms. The molecule has 0 aromatic heterocycles. The Morgan fingerprint density at radius 3 is 1.03 bits per heavy atom. The predicted molar refractivity (Wildman–Crippen MR) is 440 cm³/mol. The summed E-state index contributed by atoms with van der Waals surface area (Å²) in [6.45, 7) is 29.7. The van der Waals surface area contributed by atoms with Gasteiger partial charge in [0.15, 0.2) is 0 Å². The van der Waals surface area contributed by atoms with Crippen LogP contribution in [0.1, 0.15) is 253 Å². The number of esters is 2. The molecular formula is C83H133B10O13-. The number of carbonyl (C=O) groups excluding carboxylic acids is 4. The Kier molecular flexibility index (Phi) is 40.2. The van der Waals surface area contributed by atoms with Gasteiger partial charge < -0.3 is 35.0 Å². The summed E-state index contributed by atoms with van der Waals surface area (Å²) >= 11 is 0. The van der Waals surface area contributed by atoms with Gasteiger partial charge in [0, 0.05) is 77.3 Å². The third kappa shape index (κ3) is 32.3. The van der Waals surface area contributed by atoms with Crippen molar-refractivity contribution in [3.63, 3.8) is 0 Å². The minimum atomic E-state index is -0.925. The van der Waals surface area contributed by atoms with Gasteiger partial charge in [-0.2, -0.15) is 7.06 Å². The highest BCUT2D eigenvalue weighted by atomic mass is 16.5. The van der Waals surface area contributed by atoms with E-state index in [1.807, 2.05) is 71.9 Å². The fraction of sp³-hybridized carbons (Fsp3) is 0.807. The van der Waals surface area contributed by atoms with Crippen molar-refractivity contribution < 1.29 is 63.8 Å². The average molecular weight is 1450 g/mol. The van der Waals surface area contributed by atoms with E-state index in [9.17, 15) is 49.2 Å². The Morgan fingerprint density at radius 1 is 0.472 bits per heavy atom. The van der Waals surface area contributed by atoms with Crippen LogP contribution in [-0.2, 0) is 38.2 Å². The summed E-state index contributed by atoms with van der Waals surface area (Å²) in [4.78, 5) is 69.2. The molecule has 574 valence electrons. The molecule has 0 saturated heterocycles. The molecule has 106 heavy (non-hydrogen) atoms. The lowest BCUT2D eigenvalue weighted by Gasteiger charge is -2.28. The Balaban J connectivity index is 0.000000224. The number of carbonyl (C=O) groups is 6. The minimum Gasteiger partial charge on any atom is -0.481 e. The van der Waals surface area contributed by atoms with Gasteiger partial charge in [-0.3, -0.25) is 28.8 Å². The highest BCUT2D eigenvalue weighted by molar-refractivity contribution is 7.49. The van der Waals surface area contributed by atoms with Gasteiger partial charge in [0.2, 0.25) is 0 Å². The van der Waals surface area contributed by atoms with E-state index in [1.54, 1.807) is 7.06 Å². The first-order valence-corrected chi connectivity index (χ1v) is 40.7. The van der Waals surface area contributed by atoms with Crippen LogP contribution < -0.4 is 0 Å². The van der Waals surface area contributed by atoms with E-state index < -0.39 is 41.0 Å². The van der Waals surface area contributed by atoms with E-state index >= 15 is 0 Å². The van der Waals surface area contributed by atoms with Crippen LogP contribution in [0.3, 0.4) is 0 Å². The number of unbranched alkanes of at least 4 members (excludes halogenated alkanes) is 5. The van der Waals surface area contributed by atoms with Gasteiger partial charge in [-0.05, 0) is 305 Å². The topological polar surface area (TPSA) is 222 Å². The van der Waals surface area contributed by atoms with E-state index in [-0.39, 0.29) is 55.3 Å². The zero-order valence-corrected chi connectivity index (χ0v) is 65.5. The minimum absolute atomic E-state index is 0.00882. The second-order valence-electron chi connectivity index (χ2n) is 35.7. The van der Waals surface area contributed by atoms with E-state index in [2.05, 4.69) is 71.6 Å². The van der Waals surface area contributed by atoms with E-state index in [0.717, 1.165) is 218 Å². The van der Waals surface area contributed by atoms with Crippen LogP contribution in [0, 0.1) is 135 Å². The quantitative estimate of drug-likeness (QED) is 0.0213. The van der Waals surface area contributed by atoms with Crippen molar-refractivity contribution in [1.29, 1.82) is 0 Å². The second-order valence-corrected chi connectivity index (χ2v) is 35.7. The second kappa shape index (κ2) is 45.8.